The molecule has 0 bridgehead atoms. The number of ether oxygens (including phenoxy) is 1. The number of nitrogens with two attached hydrogens (primary N) is 1. The third-order valence-electron chi connectivity index (χ3n) is 2.84. The molecule has 1 rings (SSSR count). The topological polar surface area (TPSA) is 64.3 Å². The van der Waals surface area contributed by atoms with E-state index in [4.69, 9.17) is 10.5 Å². The molecule has 0 saturated carbocycles. The van der Waals surface area contributed by atoms with Gasteiger partial charge in [-0.05, 0) is 26.3 Å². The first kappa shape index (κ1) is 10.5. The van der Waals surface area contributed by atoms with Gasteiger partial charge in [-0.25, -0.2) is 0 Å². The van der Waals surface area contributed by atoms with E-state index < -0.39 is 5.41 Å². The number of nitrogens with one attached hydrogen (secondary N) is 1. The van der Waals surface area contributed by atoms with Crippen molar-refractivity contribution in [2.75, 3.05) is 20.3 Å². The first-order valence-electron chi connectivity index (χ1n) is 4.63. The molecule has 0 spiro atoms. The number of rotatable bonds is 4. The summed E-state index contributed by atoms with van der Waals surface area (Å²) >= 11 is 0. The number of primary amides is 1. The lowest BCUT2D eigenvalue weighted by molar-refractivity contribution is -0.131. The second-order valence-electron chi connectivity index (χ2n) is 3.86. The highest BCUT2D eigenvalue weighted by Gasteiger charge is 2.41. The summed E-state index contributed by atoms with van der Waals surface area (Å²) in [5, 5.41) is 3.28. The van der Waals surface area contributed by atoms with Gasteiger partial charge in [0.15, 0.2) is 0 Å². The van der Waals surface area contributed by atoms with Gasteiger partial charge in [-0.3, -0.25) is 4.79 Å². The van der Waals surface area contributed by atoms with E-state index in [1.165, 1.54) is 0 Å². The molecule has 1 saturated heterocycles. The number of carbonyl (C=O) groups excluding carboxylic acids is 1. The average Bonchev–Trinajstić information content (AvgIpc) is 2.56. The molecule has 0 aromatic carbocycles. The molecule has 2 unspecified atom stereocenters. The molecule has 1 heterocycles. The quantitative estimate of drug-likeness (QED) is 0.643. The third-order valence-corrected chi connectivity index (χ3v) is 2.84. The van der Waals surface area contributed by atoms with Gasteiger partial charge in [0, 0.05) is 13.2 Å². The molecule has 1 fully saturated rings. The Labute approximate surface area is 78.8 Å². The minimum atomic E-state index is -0.564. The maximum Gasteiger partial charge on any atom is 0.227 e. The van der Waals surface area contributed by atoms with Crippen LogP contribution in [-0.2, 0) is 9.53 Å². The van der Waals surface area contributed by atoms with E-state index in [1.54, 1.807) is 7.11 Å². The summed E-state index contributed by atoms with van der Waals surface area (Å²) in [5.74, 6) is -0.284. The lowest BCUT2D eigenvalue weighted by Crippen LogP contribution is -2.51. The van der Waals surface area contributed by atoms with Crippen LogP contribution in [0, 0.1) is 5.41 Å². The summed E-state index contributed by atoms with van der Waals surface area (Å²) in [4.78, 5) is 11.3. The van der Waals surface area contributed by atoms with Crippen molar-refractivity contribution < 1.29 is 9.53 Å². The molecule has 0 aromatic rings. The van der Waals surface area contributed by atoms with Crippen LogP contribution in [0.3, 0.4) is 0 Å². The van der Waals surface area contributed by atoms with Crippen molar-refractivity contribution in [2.24, 2.45) is 11.1 Å². The molecule has 2 atom stereocenters. The Bertz CT molecular complexity index is 190. The van der Waals surface area contributed by atoms with Crippen molar-refractivity contribution in [3.8, 4) is 0 Å². The maximum absolute atomic E-state index is 11.3. The smallest absolute Gasteiger partial charge is 0.227 e. The molecule has 0 radical (unpaired) electrons. The van der Waals surface area contributed by atoms with Crippen LogP contribution < -0.4 is 11.1 Å². The van der Waals surface area contributed by atoms with E-state index >= 15 is 0 Å². The fourth-order valence-corrected chi connectivity index (χ4v) is 1.87. The Kier molecular flexibility index (Phi) is 3.27. The predicted octanol–water partition coefficient (Wildman–Crippen LogP) is -0.124. The largest absolute Gasteiger partial charge is 0.384 e. The Balaban J connectivity index is 2.69. The molecule has 4 heteroatoms. The third kappa shape index (κ3) is 2.00. The summed E-state index contributed by atoms with van der Waals surface area (Å²) in [6.45, 7) is 3.22. The number of amides is 1. The number of hydrogen-bond acceptors (Lipinski definition) is 3. The molecule has 1 aliphatic rings. The Morgan fingerprint density at radius 2 is 2.46 bits per heavy atom. The number of methoxy groups -OCH3 is 1. The second-order valence-corrected chi connectivity index (χ2v) is 3.86. The molecule has 1 amide bonds. The molecule has 0 aromatic heterocycles. The zero-order valence-electron chi connectivity index (χ0n) is 8.30. The summed E-state index contributed by atoms with van der Waals surface area (Å²) in [5.41, 5.74) is 4.81. The Morgan fingerprint density at radius 1 is 1.77 bits per heavy atom. The number of carbonyl (C=O) groups is 1. The second kappa shape index (κ2) is 4.07. The fraction of sp³-hybridized carbons (Fsp3) is 0.889. The van der Waals surface area contributed by atoms with Gasteiger partial charge in [-0.2, -0.15) is 0 Å². The monoisotopic (exact) mass is 186 g/mol. The highest BCUT2D eigenvalue weighted by Crippen LogP contribution is 2.27. The van der Waals surface area contributed by atoms with Crippen LogP contribution in [-0.4, -0.2) is 32.2 Å². The van der Waals surface area contributed by atoms with Crippen LogP contribution in [0.2, 0.25) is 0 Å². The Hall–Kier alpha value is -0.610. The highest BCUT2D eigenvalue weighted by molar-refractivity contribution is 5.81. The summed E-state index contributed by atoms with van der Waals surface area (Å²) in [6.07, 6.45) is 2.11. The Morgan fingerprint density at radius 3 is 2.85 bits per heavy atom. The maximum atomic E-state index is 11.3. The van der Waals surface area contributed by atoms with Crippen LogP contribution in [0.5, 0.6) is 0 Å². The van der Waals surface area contributed by atoms with E-state index in [1.807, 2.05) is 6.92 Å². The lowest BCUT2D eigenvalue weighted by Gasteiger charge is -2.31. The SMILES string of the molecule is COCC(C)(C(N)=O)C1CCCN1. The van der Waals surface area contributed by atoms with Crippen molar-refractivity contribution in [2.45, 2.75) is 25.8 Å². The molecule has 76 valence electrons. The molecule has 4 nitrogen and oxygen atoms in total. The lowest BCUT2D eigenvalue weighted by atomic mass is 9.81. The van der Waals surface area contributed by atoms with E-state index in [2.05, 4.69) is 5.32 Å². The highest BCUT2D eigenvalue weighted by atomic mass is 16.5. The van der Waals surface area contributed by atoms with Gasteiger partial charge in [-0.1, -0.05) is 0 Å². The van der Waals surface area contributed by atoms with Crippen LogP contribution in [0.4, 0.5) is 0 Å². The van der Waals surface area contributed by atoms with E-state index in [9.17, 15) is 4.79 Å². The average molecular weight is 186 g/mol. The van der Waals surface area contributed by atoms with Crippen molar-refractivity contribution in [3.63, 3.8) is 0 Å². The van der Waals surface area contributed by atoms with Crippen molar-refractivity contribution in [1.82, 2.24) is 5.32 Å². The van der Waals surface area contributed by atoms with Crippen molar-refractivity contribution >= 4 is 5.91 Å². The van der Waals surface area contributed by atoms with E-state index in [0.717, 1.165) is 19.4 Å². The molecule has 1 aliphatic heterocycles. The van der Waals surface area contributed by atoms with Crippen LogP contribution in [0.25, 0.3) is 0 Å². The zero-order valence-corrected chi connectivity index (χ0v) is 8.30. The van der Waals surface area contributed by atoms with Gasteiger partial charge < -0.3 is 15.8 Å². The zero-order chi connectivity index (χ0) is 9.90. The number of hydrogen-bond donors (Lipinski definition) is 2. The van der Waals surface area contributed by atoms with Gasteiger partial charge in [0.05, 0.1) is 12.0 Å². The van der Waals surface area contributed by atoms with Gasteiger partial charge in [-0.15, -0.1) is 0 Å². The molecular weight excluding hydrogens is 168 g/mol. The standard InChI is InChI=1S/C9H18N2O2/c1-9(6-13-2,8(10)12)7-4-3-5-11-7/h7,11H,3-6H2,1-2H3,(H2,10,12). The minimum Gasteiger partial charge on any atom is -0.384 e. The van der Waals surface area contributed by atoms with E-state index in [0.29, 0.717) is 6.61 Å². The summed E-state index contributed by atoms with van der Waals surface area (Å²) in [7, 11) is 1.59. The van der Waals surface area contributed by atoms with Crippen molar-refractivity contribution in [3.05, 3.63) is 0 Å². The fourth-order valence-electron chi connectivity index (χ4n) is 1.87. The van der Waals surface area contributed by atoms with Crippen LogP contribution >= 0.6 is 0 Å². The van der Waals surface area contributed by atoms with Gasteiger partial charge in [0.1, 0.15) is 0 Å². The van der Waals surface area contributed by atoms with Gasteiger partial charge in [0.2, 0.25) is 5.91 Å². The molecule has 0 aliphatic carbocycles. The molecule has 13 heavy (non-hydrogen) atoms. The first-order valence-corrected chi connectivity index (χ1v) is 4.63. The molecule has 3 N–H and O–H groups in total. The van der Waals surface area contributed by atoms with Crippen LogP contribution in [0.1, 0.15) is 19.8 Å². The normalized spacial score (nSPS) is 27.1. The van der Waals surface area contributed by atoms with E-state index in [-0.39, 0.29) is 11.9 Å². The first-order chi connectivity index (χ1) is 6.11. The molecular formula is C9H18N2O2. The predicted molar refractivity (Wildman–Crippen MR) is 50.2 cm³/mol. The summed E-state index contributed by atoms with van der Waals surface area (Å²) in [6, 6.07) is 0.171. The van der Waals surface area contributed by atoms with Gasteiger partial charge in [0.25, 0.3) is 0 Å². The summed E-state index contributed by atoms with van der Waals surface area (Å²) < 4.78 is 5.04. The van der Waals surface area contributed by atoms with Crippen LogP contribution in [0.15, 0.2) is 0 Å². The minimum absolute atomic E-state index is 0.171. The van der Waals surface area contributed by atoms with Gasteiger partial charge >= 0.3 is 0 Å². The van der Waals surface area contributed by atoms with Crippen molar-refractivity contribution in [1.29, 1.82) is 0 Å².